The van der Waals surface area contributed by atoms with Crippen LogP contribution in [0.3, 0.4) is 0 Å². The Balaban J connectivity index is 1.90. The van der Waals surface area contributed by atoms with Gasteiger partial charge in [0.05, 0.1) is 20.5 Å². The first kappa shape index (κ1) is 22.2. The summed E-state index contributed by atoms with van der Waals surface area (Å²) in [6.45, 7) is 4.47. The van der Waals surface area contributed by atoms with E-state index in [1.54, 1.807) is 12.1 Å². The SMILES string of the molecule is C=C(Nc1ccccc1N)/C(C#N)=C/c1cc(I)cc(I)c1OCc1ccccc1. The lowest BCUT2D eigenvalue weighted by molar-refractivity contribution is 0.303. The van der Waals surface area contributed by atoms with Crippen molar-refractivity contribution < 1.29 is 4.74 Å². The number of benzene rings is 3. The number of hydrogen-bond donors (Lipinski definition) is 2. The van der Waals surface area contributed by atoms with Gasteiger partial charge in [-0.1, -0.05) is 49.0 Å². The summed E-state index contributed by atoms with van der Waals surface area (Å²) < 4.78 is 8.17. The van der Waals surface area contributed by atoms with E-state index in [0.717, 1.165) is 24.0 Å². The first-order valence-corrected chi connectivity index (χ1v) is 11.2. The van der Waals surface area contributed by atoms with Crippen molar-refractivity contribution in [1.29, 1.82) is 5.26 Å². The van der Waals surface area contributed by atoms with E-state index in [9.17, 15) is 5.26 Å². The second-order valence-corrected chi connectivity index (χ2v) is 8.85. The van der Waals surface area contributed by atoms with E-state index in [1.165, 1.54) is 0 Å². The van der Waals surface area contributed by atoms with Gasteiger partial charge >= 0.3 is 0 Å². The van der Waals surface area contributed by atoms with Gasteiger partial charge in [-0.3, -0.25) is 0 Å². The van der Waals surface area contributed by atoms with Crippen molar-refractivity contribution in [1.82, 2.24) is 0 Å². The molecule has 0 saturated carbocycles. The number of nitrogens with one attached hydrogen (secondary N) is 1. The highest BCUT2D eigenvalue weighted by Crippen LogP contribution is 2.32. The van der Waals surface area contributed by atoms with E-state index in [2.05, 4.69) is 63.1 Å². The number of halogens is 2. The third-order valence-electron chi connectivity index (χ3n) is 4.25. The summed E-state index contributed by atoms with van der Waals surface area (Å²) in [6, 6.07) is 23.6. The Morgan fingerprint density at radius 1 is 1.10 bits per heavy atom. The molecule has 0 spiro atoms. The summed E-state index contributed by atoms with van der Waals surface area (Å²) in [5.41, 5.74) is 10.1. The van der Waals surface area contributed by atoms with Gasteiger partial charge in [0.15, 0.2) is 0 Å². The number of nitrogen functional groups attached to an aromatic ring is 1. The predicted octanol–water partition coefficient (Wildman–Crippen LogP) is 6.59. The number of rotatable bonds is 7. The van der Waals surface area contributed by atoms with Crippen LogP contribution in [0.4, 0.5) is 11.4 Å². The summed E-state index contributed by atoms with van der Waals surface area (Å²) in [5, 5.41) is 12.9. The standard InChI is InChI=1S/C24H19I2N3O/c1-16(29-23-10-6-5-9-22(23)28)19(14-27)11-18-12-20(25)13-21(26)24(18)30-15-17-7-3-2-4-8-17/h2-13,29H,1,15,28H2/b19-11+. The lowest BCUT2D eigenvalue weighted by atomic mass is 10.1. The van der Waals surface area contributed by atoms with Crippen LogP contribution in [0.2, 0.25) is 0 Å². The monoisotopic (exact) mass is 619 g/mol. The average molecular weight is 619 g/mol. The molecule has 3 N–H and O–H groups in total. The number of nitriles is 1. The molecule has 150 valence electrons. The Morgan fingerprint density at radius 2 is 1.80 bits per heavy atom. The lowest BCUT2D eigenvalue weighted by Gasteiger charge is -2.14. The van der Waals surface area contributed by atoms with Gasteiger partial charge in [-0.2, -0.15) is 5.26 Å². The van der Waals surface area contributed by atoms with Crippen LogP contribution in [0, 0.1) is 18.5 Å². The quantitative estimate of drug-likeness (QED) is 0.136. The molecule has 0 aromatic heterocycles. The average Bonchev–Trinajstić information content (AvgIpc) is 2.73. The molecule has 0 radical (unpaired) electrons. The van der Waals surface area contributed by atoms with Crippen LogP contribution in [0.15, 0.2) is 84.6 Å². The minimum absolute atomic E-state index is 0.403. The van der Waals surface area contributed by atoms with Crippen molar-refractivity contribution in [2.24, 2.45) is 0 Å². The van der Waals surface area contributed by atoms with Gasteiger partial charge in [0.2, 0.25) is 0 Å². The van der Waals surface area contributed by atoms with Gasteiger partial charge < -0.3 is 15.8 Å². The Labute approximate surface area is 203 Å². The Bertz CT molecular complexity index is 1130. The smallest absolute Gasteiger partial charge is 0.140 e. The summed E-state index contributed by atoms with van der Waals surface area (Å²) in [7, 11) is 0. The number of hydrogen-bond acceptors (Lipinski definition) is 4. The second-order valence-electron chi connectivity index (χ2n) is 6.44. The molecule has 0 amide bonds. The zero-order valence-corrected chi connectivity index (χ0v) is 20.3. The zero-order chi connectivity index (χ0) is 21.5. The molecule has 3 aromatic rings. The molecular formula is C24H19I2N3O. The maximum Gasteiger partial charge on any atom is 0.140 e. The number of nitrogens with two attached hydrogens (primary N) is 1. The molecule has 30 heavy (non-hydrogen) atoms. The van der Waals surface area contributed by atoms with Crippen LogP contribution in [-0.4, -0.2) is 0 Å². The maximum absolute atomic E-state index is 9.75. The lowest BCUT2D eigenvalue weighted by Crippen LogP contribution is -2.04. The molecule has 0 aliphatic carbocycles. The highest BCUT2D eigenvalue weighted by molar-refractivity contribution is 14.1. The first-order chi connectivity index (χ1) is 14.5. The molecule has 3 rings (SSSR count). The molecule has 0 bridgehead atoms. The summed E-state index contributed by atoms with van der Waals surface area (Å²) in [5.74, 6) is 0.736. The molecule has 0 saturated heterocycles. The highest BCUT2D eigenvalue weighted by atomic mass is 127. The molecule has 3 aromatic carbocycles. The van der Waals surface area contributed by atoms with E-state index in [1.807, 2.05) is 60.7 Å². The number of nitrogens with zero attached hydrogens (tertiary/aromatic N) is 1. The molecule has 0 aliphatic heterocycles. The first-order valence-electron chi connectivity index (χ1n) is 9.06. The van der Waals surface area contributed by atoms with Crippen molar-refractivity contribution in [2.75, 3.05) is 11.1 Å². The number of anilines is 2. The van der Waals surface area contributed by atoms with Gasteiger partial charge in [0.25, 0.3) is 0 Å². The van der Waals surface area contributed by atoms with Crippen molar-refractivity contribution >= 4 is 62.6 Å². The largest absolute Gasteiger partial charge is 0.487 e. The third kappa shape index (κ3) is 5.77. The summed E-state index contributed by atoms with van der Waals surface area (Å²) in [4.78, 5) is 0. The van der Waals surface area contributed by atoms with Gasteiger partial charge in [-0.25, -0.2) is 0 Å². The van der Waals surface area contributed by atoms with Crippen LogP contribution in [0.5, 0.6) is 5.75 Å². The zero-order valence-electron chi connectivity index (χ0n) is 16.0. The highest BCUT2D eigenvalue weighted by Gasteiger charge is 2.12. The molecule has 0 unspecified atom stereocenters. The van der Waals surface area contributed by atoms with Crippen LogP contribution >= 0.6 is 45.2 Å². The van der Waals surface area contributed by atoms with E-state index in [0.29, 0.717) is 29.3 Å². The predicted molar refractivity (Wildman–Crippen MR) is 140 cm³/mol. The van der Waals surface area contributed by atoms with Crippen LogP contribution in [0.25, 0.3) is 6.08 Å². The van der Waals surface area contributed by atoms with E-state index in [-0.39, 0.29) is 0 Å². The fraction of sp³-hybridized carbons (Fsp3) is 0.0417. The van der Waals surface area contributed by atoms with Gasteiger partial charge in [-0.15, -0.1) is 0 Å². The van der Waals surface area contributed by atoms with Crippen LogP contribution < -0.4 is 15.8 Å². The number of ether oxygens (including phenoxy) is 1. The maximum atomic E-state index is 9.75. The van der Waals surface area contributed by atoms with Gasteiger partial charge in [0, 0.05) is 14.8 Å². The molecule has 6 heteroatoms. The number of allylic oxidation sites excluding steroid dienone is 1. The van der Waals surface area contributed by atoms with Crippen LogP contribution in [0.1, 0.15) is 11.1 Å². The fourth-order valence-electron chi connectivity index (χ4n) is 2.75. The van der Waals surface area contributed by atoms with E-state index in [4.69, 9.17) is 10.5 Å². The van der Waals surface area contributed by atoms with Crippen LogP contribution in [-0.2, 0) is 6.61 Å². The van der Waals surface area contributed by atoms with E-state index >= 15 is 0 Å². The fourth-order valence-corrected chi connectivity index (χ4v) is 4.80. The topological polar surface area (TPSA) is 71.1 Å². The molecule has 4 nitrogen and oxygen atoms in total. The number of para-hydroxylation sites is 2. The Kier molecular flexibility index (Phi) is 7.76. The Hall–Kier alpha value is -2.51. The summed E-state index contributed by atoms with van der Waals surface area (Å²) in [6.07, 6.45) is 1.79. The van der Waals surface area contributed by atoms with E-state index < -0.39 is 0 Å². The summed E-state index contributed by atoms with van der Waals surface area (Å²) >= 11 is 4.52. The van der Waals surface area contributed by atoms with Gasteiger partial charge in [-0.05, 0) is 81.1 Å². The van der Waals surface area contributed by atoms with Gasteiger partial charge in [0.1, 0.15) is 18.4 Å². The van der Waals surface area contributed by atoms with Crippen molar-refractivity contribution in [3.8, 4) is 11.8 Å². The minimum Gasteiger partial charge on any atom is -0.487 e. The van der Waals surface area contributed by atoms with Crippen molar-refractivity contribution in [2.45, 2.75) is 6.61 Å². The third-order valence-corrected chi connectivity index (χ3v) is 5.68. The molecule has 0 atom stereocenters. The molecular weight excluding hydrogens is 600 g/mol. The van der Waals surface area contributed by atoms with Crippen molar-refractivity contribution in [3.63, 3.8) is 0 Å². The molecule has 0 heterocycles. The minimum atomic E-state index is 0.403. The second kappa shape index (κ2) is 10.5. The normalized spacial score (nSPS) is 10.9. The van der Waals surface area contributed by atoms with Crippen molar-refractivity contribution in [3.05, 3.63) is 103 Å². The molecule has 0 aliphatic rings. The molecule has 0 fully saturated rings. The Morgan fingerprint density at radius 3 is 2.50 bits per heavy atom.